The SMILES string of the molecule is NCc1c(I)cc(C(F)(F)F)cc1[N+](=O)[O-]. The number of rotatable bonds is 2. The zero-order valence-corrected chi connectivity index (χ0v) is 9.87. The quantitative estimate of drug-likeness (QED) is 0.509. The molecule has 8 heteroatoms. The number of nitrogens with zero attached hydrogens (tertiary/aromatic N) is 1. The Hall–Kier alpha value is -0.900. The highest BCUT2D eigenvalue weighted by Crippen LogP contribution is 2.35. The van der Waals surface area contributed by atoms with Crippen LogP contribution in [0, 0.1) is 13.7 Å². The number of hydrogen-bond donors (Lipinski definition) is 1. The number of halogens is 4. The number of hydrogen-bond acceptors (Lipinski definition) is 3. The van der Waals surface area contributed by atoms with Gasteiger partial charge in [0, 0.05) is 16.2 Å². The van der Waals surface area contributed by atoms with Gasteiger partial charge < -0.3 is 5.73 Å². The first-order valence-corrected chi connectivity index (χ1v) is 5.09. The maximum absolute atomic E-state index is 12.4. The molecule has 1 aromatic rings. The van der Waals surface area contributed by atoms with Crippen molar-refractivity contribution in [2.24, 2.45) is 5.73 Å². The molecule has 0 saturated carbocycles. The molecule has 0 aliphatic carbocycles. The summed E-state index contributed by atoms with van der Waals surface area (Å²) in [5, 5.41) is 10.6. The first kappa shape index (κ1) is 13.2. The molecule has 0 aromatic heterocycles. The molecule has 88 valence electrons. The first-order chi connectivity index (χ1) is 7.27. The molecule has 0 radical (unpaired) electrons. The fraction of sp³-hybridized carbons (Fsp3) is 0.250. The van der Waals surface area contributed by atoms with Crippen molar-refractivity contribution in [1.82, 2.24) is 0 Å². The number of alkyl halides is 3. The van der Waals surface area contributed by atoms with Gasteiger partial charge in [-0.2, -0.15) is 13.2 Å². The number of nitro groups is 1. The van der Waals surface area contributed by atoms with Crippen LogP contribution >= 0.6 is 22.6 Å². The van der Waals surface area contributed by atoms with E-state index in [0.29, 0.717) is 6.07 Å². The molecule has 0 amide bonds. The Kier molecular flexibility index (Phi) is 3.73. The third-order valence-corrected chi connectivity index (χ3v) is 2.86. The van der Waals surface area contributed by atoms with Crippen LogP contribution in [0.2, 0.25) is 0 Å². The van der Waals surface area contributed by atoms with Crippen molar-refractivity contribution in [3.8, 4) is 0 Å². The van der Waals surface area contributed by atoms with E-state index in [-0.39, 0.29) is 15.7 Å². The Bertz CT molecular complexity index is 434. The van der Waals surface area contributed by atoms with Crippen LogP contribution in [0.4, 0.5) is 18.9 Å². The fourth-order valence-electron chi connectivity index (χ4n) is 1.15. The van der Waals surface area contributed by atoms with E-state index in [4.69, 9.17) is 5.73 Å². The van der Waals surface area contributed by atoms with Crippen LogP contribution < -0.4 is 5.73 Å². The summed E-state index contributed by atoms with van der Waals surface area (Å²) in [6.07, 6.45) is -4.60. The molecule has 0 atom stereocenters. The van der Waals surface area contributed by atoms with Crippen LogP contribution in [0.5, 0.6) is 0 Å². The monoisotopic (exact) mass is 346 g/mol. The Morgan fingerprint density at radius 1 is 1.44 bits per heavy atom. The molecular formula is C8H6F3IN2O2. The van der Waals surface area contributed by atoms with Gasteiger partial charge in [-0.1, -0.05) is 0 Å². The van der Waals surface area contributed by atoms with Gasteiger partial charge in [0.25, 0.3) is 5.69 Å². The van der Waals surface area contributed by atoms with Gasteiger partial charge in [0.2, 0.25) is 0 Å². The molecule has 0 spiro atoms. The third-order valence-electron chi connectivity index (χ3n) is 1.90. The topological polar surface area (TPSA) is 69.2 Å². The molecule has 1 rings (SSSR count). The van der Waals surface area contributed by atoms with Gasteiger partial charge >= 0.3 is 6.18 Å². The van der Waals surface area contributed by atoms with Crippen LogP contribution in [0.1, 0.15) is 11.1 Å². The lowest BCUT2D eigenvalue weighted by molar-refractivity contribution is -0.385. The summed E-state index contributed by atoms with van der Waals surface area (Å²) in [5.74, 6) is 0. The molecule has 0 unspecified atom stereocenters. The molecule has 0 heterocycles. The minimum atomic E-state index is -4.60. The number of nitrogens with two attached hydrogens (primary N) is 1. The summed E-state index contributed by atoms with van der Waals surface area (Å²) in [6.45, 7) is -0.174. The Labute approximate surface area is 102 Å². The Morgan fingerprint density at radius 2 is 2.00 bits per heavy atom. The standard InChI is InChI=1S/C8H6F3IN2O2/c9-8(10,11)4-1-6(12)5(3-13)7(2-4)14(15)16/h1-2H,3,13H2. The smallest absolute Gasteiger partial charge is 0.326 e. The van der Waals surface area contributed by atoms with Gasteiger partial charge in [-0.25, -0.2) is 0 Å². The molecule has 16 heavy (non-hydrogen) atoms. The van der Waals surface area contributed by atoms with Gasteiger partial charge in [-0.15, -0.1) is 0 Å². The molecule has 0 bridgehead atoms. The van der Waals surface area contributed by atoms with Crippen molar-refractivity contribution in [3.05, 3.63) is 36.9 Å². The maximum Gasteiger partial charge on any atom is 0.416 e. The average molecular weight is 346 g/mol. The summed E-state index contributed by atoms with van der Waals surface area (Å²) < 4.78 is 37.3. The summed E-state index contributed by atoms with van der Waals surface area (Å²) in [7, 11) is 0. The second-order valence-electron chi connectivity index (χ2n) is 2.91. The van der Waals surface area contributed by atoms with Gasteiger partial charge in [0.15, 0.2) is 0 Å². The highest BCUT2D eigenvalue weighted by atomic mass is 127. The van der Waals surface area contributed by atoms with E-state index in [2.05, 4.69) is 0 Å². The lowest BCUT2D eigenvalue weighted by atomic mass is 10.1. The van der Waals surface area contributed by atoms with Crippen LogP contribution in [-0.2, 0) is 12.7 Å². The van der Waals surface area contributed by atoms with Crippen LogP contribution in [0.25, 0.3) is 0 Å². The summed E-state index contributed by atoms with van der Waals surface area (Å²) in [5.41, 5.74) is 3.73. The molecular weight excluding hydrogens is 340 g/mol. The van der Waals surface area contributed by atoms with E-state index in [1.165, 1.54) is 0 Å². The Morgan fingerprint density at radius 3 is 2.38 bits per heavy atom. The molecule has 0 fully saturated rings. The highest BCUT2D eigenvalue weighted by Gasteiger charge is 2.33. The van der Waals surface area contributed by atoms with Gasteiger partial charge in [0.1, 0.15) is 0 Å². The van der Waals surface area contributed by atoms with Gasteiger partial charge in [-0.05, 0) is 28.7 Å². The number of benzene rings is 1. The molecule has 0 saturated heterocycles. The molecule has 4 nitrogen and oxygen atoms in total. The van der Waals surface area contributed by atoms with Gasteiger partial charge in [-0.3, -0.25) is 10.1 Å². The third kappa shape index (κ3) is 2.61. The number of nitro benzene ring substituents is 1. The zero-order chi connectivity index (χ0) is 12.5. The van der Waals surface area contributed by atoms with Crippen molar-refractivity contribution in [3.63, 3.8) is 0 Å². The van der Waals surface area contributed by atoms with E-state index in [1.54, 1.807) is 22.6 Å². The second kappa shape index (κ2) is 4.53. The largest absolute Gasteiger partial charge is 0.416 e. The summed E-state index contributed by atoms with van der Waals surface area (Å²) in [6, 6.07) is 1.35. The molecule has 2 N–H and O–H groups in total. The van der Waals surface area contributed by atoms with E-state index in [9.17, 15) is 23.3 Å². The predicted molar refractivity (Wildman–Crippen MR) is 58.7 cm³/mol. The van der Waals surface area contributed by atoms with Crippen molar-refractivity contribution in [1.29, 1.82) is 0 Å². The molecule has 1 aromatic carbocycles. The van der Waals surface area contributed by atoms with Crippen LogP contribution in [0.3, 0.4) is 0 Å². The normalized spacial score (nSPS) is 11.6. The maximum atomic E-state index is 12.4. The van der Waals surface area contributed by atoms with Crippen molar-refractivity contribution in [2.75, 3.05) is 0 Å². The lowest BCUT2D eigenvalue weighted by Gasteiger charge is -2.09. The van der Waals surface area contributed by atoms with Crippen molar-refractivity contribution in [2.45, 2.75) is 12.7 Å². The van der Waals surface area contributed by atoms with E-state index >= 15 is 0 Å². The minimum absolute atomic E-state index is 0.110. The second-order valence-corrected chi connectivity index (χ2v) is 4.08. The Balaban J connectivity index is 3.46. The predicted octanol–water partition coefficient (Wildman–Crippen LogP) is 2.68. The first-order valence-electron chi connectivity index (χ1n) is 4.01. The van der Waals surface area contributed by atoms with Crippen LogP contribution in [0.15, 0.2) is 12.1 Å². The van der Waals surface area contributed by atoms with E-state index in [0.717, 1.165) is 6.07 Å². The molecule has 0 aliphatic rings. The van der Waals surface area contributed by atoms with Gasteiger partial charge in [0.05, 0.1) is 16.1 Å². The molecule has 0 aliphatic heterocycles. The van der Waals surface area contributed by atoms with Crippen LogP contribution in [-0.4, -0.2) is 4.92 Å². The lowest BCUT2D eigenvalue weighted by Crippen LogP contribution is -2.10. The highest BCUT2D eigenvalue weighted by molar-refractivity contribution is 14.1. The zero-order valence-electron chi connectivity index (χ0n) is 7.71. The average Bonchev–Trinajstić information content (AvgIpc) is 2.14. The summed E-state index contributed by atoms with van der Waals surface area (Å²) >= 11 is 1.60. The minimum Gasteiger partial charge on any atom is -0.326 e. The van der Waals surface area contributed by atoms with Crippen molar-refractivity contribution >= 4 is 28.3 Å². The van der Waals surface area contributed by atoms with E-state index in [1.807, 2.05) is 0 Å². The fourth-order valence-corrected chi connectivity index (χ4v) is 1.98. The summed E-state index contributed by atoms with van der Waals surface area (Å²) in [4.78, 5) is 9.73. The van der Waals surface area contributed by atoms with E-state index < -0.39 is 22.4 Å². The van der Waals surface area contributed by atoms with Crippen molar-refractivity contribution < 1.29 is 18.1 Å².